The lowest BCUT2D eigenvalue weighted by molar-refractivity contribution is -0.144. The lowest BCUT2D eigenvalue weighted by Crippen LogP contribution is -2.16. The maximum absolute atomic E-state index is 13.1. The molecule has 0 saturated heterocycles. The van der Waals surface area contributed by atoms with Crippen LogP contribution in [0.4, 0.5) is 26.3 Å². The van der Waals surface area contributed by atoms with Crippen LogP contribution < -0.4 is 0 Å². The van der Waals surface area contributed by atoms with E-state index in [0.29, 0.717) is 0 Å². The zero-order chi connectivity index (χ0) is 14.1. The first-order valence-electron chi connectivity index (χ1n) is 4.39. The predicted molar refractivity (Wildman–Crippen MR) is 45.5 cm³/mol. The maximum atomic E-state index is 13.1. The van der Waals surface area contributed by atoms with Crippen molar-refractivity contribution in [3.05, 3.63) is 28.8 Å². The Balaban J connectivity index is 3.40. The highest BCUT2D eigenvalue weighted by Gasteiger charge is 2.38. The SMILES string of the molecule is O=C(O)Cc1nc(C(F)(F)F)c(C(F)F)cc1F. The fraction of sp³-hybridized carbons (Fsp3) is 0.333. The summed E-state index contributed by atoms with van der Waals surface area (Å²) in [5, 5.41) is 8.33. The highest BCUT2D eigenvalue weighted by atomic mass is 19.4. The summed E-state index contributed by atoms with van der Waals surface area (Å²) in [7, 11) is 0. The highest BCUT2D eigenvalue weighted by molar-refractivity contribution is 5.69. The molecule has 0 spiro atoms. The van der Waals surface area contributed by atoms with Crippen molar-refractivity contribution in [1.29, 1.82) is 0 Å². The van der Waals surface area contributed by atoms with Gasteiger partial charge >= 0.3 is 12.1 Å². The molecule has 100 valence electrons. The predicted octanol–water partition coefficient (Wildman–Crippen LogP) is 2.80. The molecule has 0 amide bonds. The molecule has 1 aromatic heterocycles. The molecule has 0 aliphatic carbocycles. The van der Waals surface area contributed by atoms with E-state index in [9.17, 15) is 31.1 Å². The monoisotopic (exact) mass is 273 g/mol. The van der Waals surface area contributed by atoms with Gasteiger partial charge in [-0.3, -0.25) is 4.79 Å². The number of hydrogen-bond donors (Lipinski definition) is 1. The van der Waals surface area contributed by atoms with Crippen molar-refractivity contribution in [2.45, 2.75) is 19.0 Å². The molecule has 1 N–H and O–H groups in total. The Morgan fingerprint density at radius 2 is 1.94 bits per heavy atom. The van der Waals surface area contributed by atoms with Crippen LogP contribution in [0.25, 0.3) is 0 Å². The molecule has 0 aromatic carbocycles. The zero-order valence-corrected chi connectivity index (χ0v) is 8.43. The van der Waals surface area contributed by atoms with Crippen LogP contribution >= 0.6 is 0 Å². The summed E-state index contributed by atoms with van der Waals surface area (Å²) in [6.07, 6.45) is -9.91. The molecule has 1 heterocycles. The molecule has 18 heavy (non-hydrogen) atoms. The Bertz CT molecular complexity index is 471. The summed E-state index contributed by atoms with van der Waals surface area (Å²) >= 11 is 0. The van der Waals surface area contributed by atoms with Gasteiger partial charge in [0.15, 0.2) is 5.69 Å². The number of alkyl halides is 5. The molecule has 0 saturated carbocycles. The molecule has 1 aromatic rings. The fourth-order valence-electron chi connectivity index (χ4n) is 1.20. The van der Waals surface area contributed by atoms with Gasteiger partial charge in [-0.15, -0.1) is 0 Å². The van der Waals surface area contributed by atoms with Gasteiger partial charge in [-0.05, 0) is 6.07 Å². The maximum Gasteiger partial charge on any atom is 0.433 e. The van der Waals surface area contributed by atoms with Gasteiger partial charge in [-0.2, -0.15) is 13.2 Å². The van der Waals surface area contributed by atoms with Gasteiger partial charge in [0.25, 0.3) is 6.43 Å². The number of pyridine rings is 1. The average Bonchev–Trinajstić information content (AvgIpc) is 2.17. The molecular formula is C9H5F6NO2. The molecule has 0 aliphatic heterocycles. The minimum absolute atomic E-state index is 0.0429. The van der Waals surface area contributed by atoms with Crippen molar-refractivity contribution in [1.82, 2.24) is 4.98 Å². The minimum atomic E-state index is -5.22. The number of rotatable bonds is 3. The van der Waals surface area contributed by atoms with Crippen LogP contribution in [-0.4, -0.2) is 16.1 Å². The second-order valence-electron chi connectivity index (χ2n) is 3.22. The molecule has 9 heteroatoms. The van der Waals surface area contributed by atoms with E-state index in [-0.39, 0.29) is 6.07 Å². The Kier molecular flexibility index (Phi) is 3.82. The van der Waals surface area contributed by atoms with E-state index in [2.05, 4.69) is 4.98 Å². The van der Waals surface area contributed by atoms with Gasteiger partial charge in [0, 0.05) is 0 Å². The second kappa shape index (κ2) is 4.83. The second-order valence-corrected chi connectivity index (χ2v) is 3.22. The highest BCUT2D eigenvalue weighted by Crippen LogP contribution is 2.35. The van der Waals surface area contributed by atoms with Gasteiger partial charge in [0.2, 0.25) is 0 Å². The molecule has 0 fully saturated rings. The zero-order valence-electron chi connectivity index (χ0n) is 8.43. The van der Waals surface area contributed by atoms with E-state index in [0.717, 1.165) is 0 Å². The van der Waals surface area contributed by atoms with Crippen LogP contribution in [0.15, 0.2) is 6.07 Å². The Morgan fingerprint density at radius 3 is 2.33 bits per heavy atom. The standard InChI is InChI=1S/C9H5F6NO2/c10-4-1-3(8(11)12)7(9(13,14)15)16-5(4)2-6(17)18/h1,8H,2H2,(H,17,18). The van der Waals surface area contributed by atoms with Gasteiger partial charge < -0.3 is 5.11 Å². The number of carboxylic acid groups (broad SMARTS) is 1. The normalized spacial score (nSPS) is 11.9. The van der Waals surface area contributed by atoms with E-state index in [1.54, 1.807) is 0 Å². The van der Waals surface area contributed by atoms with Crippen molar-refractivity contribution < 1.29 is 36.2 Å². The van der Waals surface area contributed by atoms with Crippen LogP contribution in [-0.2, 0) is 17.4 Å². The first-order valence-corrected chi connectivity index (χ1v) is 4.39. The number of halogens is 6. The number of aromatic nitrogens is 1. The van der Waals surface area contributed by atoms with Gasteiger partial charge in [-0.25, -0.2) is 18.2 Å². The third-order valence-corrected chi connectivity index (χ3v) is 1.90. The number of carbonyl (C=O) groups is 1. The van der Waals surface area contributed by atoms with Crippen molar-refractivity contribution in [3.8, 4) is 0 Å². The smallest absolute Gasteiger partial charge is 0.433 e. The largest absolute Gasteiger partial charge is 0.481 e. The molecule has 0 atom stereocenters. The van der Waals surface area contributed by atoms with Crippen molar-refractivity contribution >= 4 is 5.97 Å². The molecule has 0 bridgehead atoms. The van der Waals surface area contributed by atoms with Crippen molar-refractivity contribution in [3.63, 3.8) is 0 Å². The summed E-state index contributed by atoms with van der Waals surface area (Å²) in [4.78, 5) is 12.9. The summed E-state index contributed by atoms with van der Waals surface area (Å²) < 4.78 is 74.9. The third kappa shape index (κ3) is 3.11. The van der Waals surface area contributed by atoms with E-state index in [1.165, 1.54) is 0 Å². The van der Waals surface area contributed by atoms with Gasteiger partial charge in [-0.1, -0.05) is 0 Å². The van der Waals surface area contributed by atoms with E-state index < -0.39 is 47.8 Å². The summed E-state index contributed by atoms with van der Waals surface area (Å²) in [5.74, 6) is -3.14. The van der Waals surface area contributed by atoms with Crippen LogP contribution in [0.2, 0.25) is 0 Å². The van der Waals surface area contributed by atoms with Crippen LogP contribution in [0.5, 0.6) is 0 Å². The first kappa shape index (κ1) is 14.3. The molecule has 3 nitrogen and oxygen atoms in total. The lowest BCUT2D eigenvalue weighted by Gasteiger charge is -2.13. The van der Waals surface area contributed by atoms with E-state index >= 15 is 0 Å². The Hall–Kier alpha value is -1.80. The molecular weight excluding hydrogens is 268 g/mol. The minimum Gasteiger partial charge on any atom is -0.481 e. The fourth-order valence-corrected chi connectivity index (χ4v) is 1.20. The third-order valence-electron chi connectivity index (χ3n) is 1.90. The molecule has 0 aliphatic rings. The number of carboxylic acids is 1. The van der Waals surface area contributed by atoms with Crippen molar-refractivity contribution in [2.75, 3.05) is 0 Å². The molecule has 0 unspecified atom stereocenters. The van der Waals surface area contributed by atoms with Crippen molar-refractivity contribution in [2.24, 2.45) is 0 Å². The molecule has 0 radical (unpaired) electrons. The Labute approximate surface area is 96.1 Å². The summed E-state index contributed by atoms with van der Waals surface area (Å²) in [6, 6.07) is -0.0429. The summed E-state index contributed by atoms with van der Waals surface area (Å²) in [5.41, 5.74) is -4.64. The van der Waals surface area contributed by atoms with Crippen LogP contribution in [0.1, 0.15) is 23.4 Å². The van der Waals surface area contributed by atoms with Gasteiger partial charge in [0.1, 0.15) is 5.82 Å². The quantitative estimate of drug-likeness (QED) is 0.861. The Morgan fingerprint density at radius 1 is 1.39 bits per heavy atom. The van der Waals surface area contributed by atoms with Crippen LogP contribution in [0, 0.1) is 5.82 Å². The number of aliphatic carboxylic acids is 1. The van der Waals surface area contributed by atoms with Gasteiger partial charge in [0.05, 0.1) is 17.7 Å². The average molecular weight is 273 g/mol. The lowest BCUT2D eigenvalue weighted by atomic mass is 10.1. The van der Waals surface area contributed by atoms with Crippen LogP contribution in [0.3, 0.4) is 0 Å². The van der Waals surface area contributed by atoms with E-state index in [1.807, 2.05) is 0 Å². The molecule has 1 rings (SSSR count). The number of nitrogens with zero attached hydrogens (tertiary/aromatic N) is 1. The first-order chi connectivity index (χ1) is 8.12. The summed E-state index contributed by atoms with van der Waals surface area (Å²) in [6.45, 7) is 0. The topological polar surface area (TPSA) is 50.2 Å². The van der Waals surface area contributed by atoms with E-state index in [4.69, 9.17) is 5.11 Å². The number of hydrogen-bond acceptors (Lipinski definition) is 2.